The Kier molecular flexibility index (Phi) is 5.90. The molecule has 0 bridgehead atoms. The van der Waals surface area contributed by atoms with Crippen molar-refractivity contribution in [2.45, 2.75) is 39.5 Å². The maximum absolute atomic E-state index is 5.51. The first kappa shape index (κ1) is 15.4. The van der Waals surface area contributed by atoms with Gasteiger partial charge in [0.1, 0.15) is 5.75 Å². The fourth-order valence-electron chi connectivity index (χ4n) is 3.56. The third kappa shape index (κ3) is 3.99. The molecule has 0 aliphatic heterocycles. The van der Waals surface area contributed by atoms with E-state index in [9.17, 15) is 0 Å². The molecule has 3 atom stereocenters. The lowest BCUT2D eigenvalue weighted by Crippen LogP contribution is -2.33. The Morgan fingerprint density at radius 1 is 1.20 bits per heavy atom. The molecule has 1 aliphatic rings. The molecule has 1 aromatic carbocycles. The Balaban J connectivity index is 2.06. The maximum atomic E-state index is 5.51. The first-order valence-corrected chi connectivity index (χ1v) is 8.07. The Hall–Kier alpha value is -1.02. The number of rotatable bonds is 6. The molecular weight excluding hydrogens is 246 g/mol. The third-order valence-corrected chi connectivity index (χ3v) is 4.73. The van der Waals surface area contributed by atoms with Gasteiger partial charge < -0.3 is 10.1 Å². The van der Waals surface area contributed by atoms with Gasteiger partial charge in [0.05, 0.1) is 7.11 Å². The average Bonchev–Trinajstić information content (AvgIpc) is 2.47. The summed E-state index contributed by atoms with van der Waals surface area (Å²) < 4.78 is 5.51. The van der Waals surface area contributed by atoms with Crippen LogP contribution in [0, 0.1) is 17.8 Å². The molecule has 1 N–H and O–H groups in total. The zero-order chi connectivity index (χ0) is 14.4. The summed E-state index contributed by atoms with van der Waals surface area (Å²) in [6, 6.07) is 8.49. The summed E-state index contributed by atoms with van der Waals surface area (Å²) in [4.78, 5) is 0. The van der Waals surface area contributed by atoms with E-state index in [1.165, 1.54) is 31.4 Å². The average molecular weight is 275 g/mol. The number of methoxy groups -OCH3 is 1. The van der Waals surface area contributed by atoms with Crippen LogP contribution in [0.25, 0.3) is 0 Å². The fourth-order valence-corrected chi connectivity index (χ4v) is 3.56. The molecular formula is C18H29NO. The van der Waals surface area contributed by atoms with Gasteiger partial charge in [0.15, 0.2) is 0 Å². The second-order valence-electron chi connectivity index (χ2n) is 6.26. The molecule has 112 valence electrons. The van der Waals surface area contributed by atoms with Crippen molar-refractivity contribution in [3.63, 3.8) is 0 Å². The van der Waals surface area contributed by atoms with Crippen molar-refractivity contribution in [1.29, 1.82) is 0 Å². The second kappa shape index (κ2) is 7.68. The van der Waals surface area contributed by atoms with E-state index < -0.39 is 0 Å². The van der Waals surface area contributed by atoms with Crippen LogP contribution in [0.4, 0.5) is 0 Å². The van der Waals surface area contributed by atoms with Crippen LogP contribution in [0.15, 0.2) is 24.3 Å². The molecule has 1 saturated carbocycles. The largest absolute Gasteiger partial charge is 0.496 e. The Morgan fingerprint density at radius 2 is 2.00 bits per heavy atom. The third-order valence-electron chi connectivity index (χ3n) is 4.73. The lowest BCUT2D eigenvalue weighted by Gasteiger charge is -2.35. The van der Waals surface area contributed by atoms with Crippen LogP contribution < -0.4 is 10.1 Å². The maximum Gasteiger partial charge on any atom is 0.122 e. The number of hydrogen-bond donors (Lipinski definition) is 1. The monoisotopic (exact) mass is 275 g/mol. The van der Waals surface area contributed by atoms with Gasteiger partial charge in [-0.05, 0) is 61.7 Å². The minimum Gasteiger partial charge on any atom is -0.496 e. The summed E-state index contributed by atoms with van der Waals surface area (Å²) in [5.74, 6) is 3.52. The number of hydrogen-bond acceptors (Lipinski definition) is 2. The van der Waals surface area contributed by atoms with Gasteiger partial charge in [0, 0.05) is 0 Å². The summed E-state index contributed by atoms with van der Waals surface area (Å²) in [5, 5.41) is 3.55. The number of ether oxygens (including phenoxy) is 1. The van der Waals surface area contributed by atoms with Crippen molar-refractivity contribution >= 4 is 0 Å². The normalized spacial score (nSPS) is 26.4. The highest BCUT2D eigenvalue weighted by atomic mass is 16.5. The molecule has 2 nitrogen and oxygen atoms in total. The van der Waals surface area contributed by atoms with E-state index in [4.69, 9.17) is 4.74 Å². The number of para-hydroxylation sites is 1. The van der Waals surface area contributed by atoms with Crippen LogP contribution in [0.2, 0.25) is 0 Å². The molecule has 0 radical (unpaired) electrons. The van der Waals surface area contributed by atoms with E-state index in [1.807, 2.05) is 0 Å². The molecule has 2 heteroatoms. The van der Waals surface area contributed by atoms with Gasteiger partial charge in [0.2, 0.25) is 0 Å². The predicted octanol–water partition coefficient (Wildman–Crippen LogP) is 3.90. The van der Waals surface area contributed by atoms with Crippen molar-refractivity contribution in [1.82, 2.24) is 5.32 Å². The van der Waals surface area contributed by atoms with E-state index in [0.29, 0.717) is 0 Å². The second-order valence-corrected chi connectivity index (χ2v) is 6.26. The van der Waals surface area contributed by atoms with Crippen LogP contribution in [0.5, 0.6) is 5.75 Å². The van der Waals surface area contributed by atoms with Gasteiger partial charge in [0.25, 0.3) is 0 Å². The van der Waals surface area contributed by atoms with Crippen molar-refractivity contribution in [3.05, 3.63) is 29.8 Å². The predicted molar refractivity (Wildman–Crippen MR) is 85.2 cm³/mol. The first-order chi connectivity index (χ1) is 9.74. The summed E-state index contributed by atoms with van der Waals surface area (Å²) in [6.07, 6.45) is 5.27. The molecule has 0 amide bonds. The molecule has 1 aromatic rings. The van der Waals surface area contributed by atoms with Gasteiger partial charge in [-0.15, -0.1) is 0 Å². The van der Waals surface area contributed by atoms with Crippen LogP contribution in [0.1, 0.15) is 38.7 Å². The molecule has 1 aliphatic carbocycles. The van der Waals surface area contributed by atoms with Crippen LogP contribution in [-0.2, 0) is 6.42 Å². The molecule has 0 spiro atoms. The number of nitrogens with one attached hydrogen (secondary N) is 1. The Morgan fingerprint density at radius 3 is 2.75 bits per heavy atom. The van der Waals surface area contributed by atoms with E-state index in [1.54, 1.807) is 7.11 Å². The van der Waals surface area contributed by atoms with Gasteiger partial charge in [-0.1, -0.05) is 38.5 Å². The smallest absolute Gasteiger partial charge is 0.122 e. The Bertz CT molecular complexity index is 402. The molecule has 0 aromatic heterocycles. The zero-order valence-electron chi connectivity index (χ0n) is 13.2. The standard InChI is InChI=1S/C18H29NO/c1-4-19-13-16-10-9-14(2)11-17(16)12-15-7-5-6-8-18(15)20-3/h5-8,14,16-17,19H,4,9-13H2,1-3H3. The van der Waals surface area contributed by atoms with Crippen molar-refractivity contribution in [3.8, 4) is 5.75 Å². The lowest BCUT2D eigenvalue weighted by molar-refractivity contribution is 0.183. The summed E-state index contributed by atoms with van der Waals surface area (Å²) >= 11 is 0. The van der Waals surface area contributed by atoms with Gasteiger partial charge in [-0.3, -0.25) is 0 Å². The highest BCUT2D eigenvalue weighted by Crippen LogP contribution is 2.37. The molecule has 2 rings (SSSR count). The van der Waals surface area contributed by atoms with E-state index in [-0.39, 0.29) is 0 Å². The molecule has 0 saturated heterocycles. The van der Waals surface area contributed by atoms with Crippen molar-refractivity contribution in [2.75, 3.05) is 20.2 Å². The van der Waals surface area contributed by atoms with Gasteiger partial charge in [-0.25, -0.2) is 0 Å². The highest BCUT2D eigenvalue weighted by Gasteiger charge is 2.28. The summed E-state index contributed by atoms with van der Waals surface area (Å²) in [6.45, 7) is 6.84. The molecule has 0 heterocycles. The van der Waals surface area contributed by atoms with Crippen LogP contribution in [0.3, 0.4) is 0 Å². The Labute approximate surface area is 123 Å². The summed E-state index contributed by atoms with van der Waals surface area (Å²) in [5.41, 5.74) is 1.37. The molecule has 20 heavy (non-hydrogen) atoms. The zero-order valence-corrected chi connectivity index (χ0v) is 13.2. The molecule has 3 unspecified atom stereocenters. The summed E-state index contributed by atoms with van der Waals surface area (Å²) in [7, 11) is 1.78. The fraction of sp³-hybridized carbons (Fsp3) is 0.667. The quantitative estimate of drug-likeness (QED) is 0.850. The van der Waals surface area contributed by atoms with Crippen LogP contribution in [-0.4, -0.2) is 20.2 Å². The topological polar surface area (TPSA) is 21.3 Å². The molecule has 1 fully saturated rings. The van der Waals surface area contributed by atoms with Crippen molar-refractivity contribution < 1.29 is 4.74 Å². The lowest BCUT2D eigenvalue weighted by atomic mass is 9.72. The minimum atomic E-state index is 0.786. The van der Waals surface area contributed by atoms with Gasteiger partial charge >= 0.3 is 0 Å². The first-order valence-electron chi connectivity index (χ1n) is 8.07. The van der Waals surface area contributed by atoms with E-state index in [0.717, 1.165) is 36.5 Å². The van der Waals surface area contributed by atoms with Crippen LogP contribution >= 0.6 is 0 Å². The van der Waals surface area contributed by atoms with E-state index in [2.05, 4.69) is 43.4 Å². The minimum absolute atomic E-state index is 0.786. The van der Waals surface area contributed by atoms with Crippen molar-refractivity contribution in [2.24, 2.45) is 17.8 Å². The van der Waals surface area contributed by atoms with Gasteiger partial charge in [-0.2, -0.15) is 0 Å². The highest BCUT2D eigenvalue weighted by molar-refractivity contribution is 5.33. The van der Waals surface area contributed by atoms with E-state index >= 15 is 0 Å². The number of benzene rings is 1. The SMILES string of the molecule is CCNCC1CCC(C)CC1Cc1ccccc1OC.